The zero-order valence-corrected chi connectivity index (χ0v) is 13.3. The summed E-state index contributed by atoms with van der Waals surface area (Å²) in [6.45, 7) is 1.90. The predicted molar refractivity (Wildman–Crippen MR) is 91.6 cm³/mol. The number of hydrogen-bond donors (Lipinski definition) is 4. The number of carbonyl (C=O) groups is 1. The molecule has 1 aromatic carbocycles. The highest BCUT2D eigenvalue weighted by Crippen LogP contribution is 2.24. The summed E-state index contributed by atoms with van der Waals surface area (Å²) in [4.78, 5) is 15.2. The Kier molecular flexibility index (Phi) is 3.99. The van der Waals surface area contributed by atoms with Gasteiger partial charge in [0.15, 0.2) is 0 Å². The van der Waals surface area contributed by atoms with E-state index in [1.807, 2.05) is 25.1 Å². The van der Waals surface area contributed by atoms with Gasteiger partial charge in [-0.05, 0) is 42.0 Å². The lowest BCUT2D eigenvalue weighted by Gasteiger charge is -2.18. The first-order valence-corrected chi connectivity index (χ1v) is 7.37. The summed E-state index contributed by atoms with van der Waals surface area (Å²) in [6, 6.07) is 7.58. The number of hydrogen-bond acceptors (Lipinski definition) is 5. The van der Waals surface area contributed by atoms with Crippen molar-refractivity contribution in [1.29, 1.82) is 0 Å². The van der Waals surface area contributed by atoms with E-state index >= 15 is 0 Å². The third-order valence-corrected chi connectivity index (χ3v) is 3.86. The van der Waals surface area contributed by atoms with Crippen molar-refractivity contribution in [3.63, 3.8) is 0 Å². The Labute approximate surface area is 138 Å². The van der Waals surface area contributed by atoms with Crippen LogP contribution >= 0.6 is 0 Å². The van der Waals surface area contributed by atoms with Gasteiger partial charge < -0.3 is 20.9 Å². The topological polar surface area (TPSA) is 110 Å². The molecule has 24 heavy (non-hydrogen) atoms. The second-order valence-electron chi connectivity index (χ2n) is 5.46. The minimum absolute atomic E-state index is 0.500. The summed E-state index contributed by atoms with van der Waals surface area (Å²) < 4.78 is 5.13. The fourth-order valence-electron chi connectivity index (χ4n) is 2.73. The van der Waals surface area contributed by atoms with Gasteiger partial charge in [0.2, 0.25) is 5.88 Å². The maximum atomic E-state index is 10.8. The molecule has 1 atom stereocenters. The first kappa shape index (κ1) is 15.7. The Morgan fingerprint density at radius 3 is 2.88 bits per heavy atom. The summed E-state index contributed by atoms with van der Waals surface area (Å²) in [6.07, 6.45) is 1.91. The number of benzene rings is 1. The van der Waals surface area contributed by atoms with Crippen LogP contribution in [0.25, 0.3) is 23.4 Å². The molecule has 1 amide bonds. The molecule has 0 saturated heterocycles. The SMILES string of the molecule is COc1ccc(-c2cc(N)c3c(c2)=CC(NC(=O)O)NC=3)c(C)n1. The smallest absolute Gasteiger partial charge is 0.406 e. The van der Waals surface area contributed by atoms with Crippen LogP contribution < -0.4 is 31.5 Å². The van der Waals surface area contributed by atoms with Crippen molar-refractivity contribution >= 4 is 24.1 Å². The number of carboxylic acid groups (broad SMARTS) is 1. The molecule has 3 rings (SSSR count). The van der Waals surface area contributed by atoms with Gasteiger partial charge in [-0.25, -0.2) is 9.78 Å². The van der Waals surface area contributed by atoms with Crippen molar-refractivity contribution < 1.29 is 14.6 Å². The molecule has 2 aromatic rings. The monoisotopic (exact) mass is 326 g/mol. The zero-order chi connectivity index (χ0) is 17.3. The Balaban J connectivity index is 2.10. The number of nitrogens with zero attached hydrogens (tertiary/aromatic N) is 1. The van der Waals surface area contributed by atoms with Gasteiger partial charge in [0.25, 0.3) is 0 Å². The average molecular weight is 326 g/mol. The molecule has 124 valence electrons. The van der Waals surface area contributed by atoms with Gasteiger partial charge in [0.1, 0.15) is 6.17 Å². The number of anilines is 1. The summed E-state index contributed by atoms with van der Waals surface area (Å²) in [7, 11) is 1.58. The molecule has 7 nitrogen and oxygen atoms in total. The normalized spacial score (nSPS) is 15.3. The van der Waals surface area contributed by atoms with Gasteiger partial charge in [0, 0.05) is 34.4 Å². The van der Waals surface area contributed by atoms with E-state index in [0.717, 1.165) is 27.3 Å². The van der Waals surface area contributed by atoms with E-state index < -0.39 is 12.3 Å². The number of aryl methyl sites for hydroxylation is 1. The Morgan fingerprint density at radius 2 is 2.21 bits per heavy atom. The number of methoxy groups -OCH3 is 1. The lowest BCUT2D eigenvalue weighted by Crippen LogP contribution is -2.48. The molecule has 0 radical (unpaired) electrons. The number of rotatable bonds is 3. The van der Waals surface area contributed by atoms with Crippen LogP contribution in [0.15, 0.2) is 24.3 Å². The maximum Gasteiger partial charge on any atom is 0.406 e. The Bertz CT molecular complexity index is 924. The van der Waals surface area contributed by atoms with Crippen LogP contribution in [0.5, 0.6) is 5.88 Å². The lowest BCUT2D eigenvalue weighted by atomic mass is 10.0. The van der Waals surface area contributed by atoms with E-state index in [1.165, 1.54) is 0 Å². The molecule has 1 unspecified atom stereocenters. The molecule has 1 aliphatic heterocycles. The molecule has 0 aliphatic carbocycles. The average Bonchev–Trinajstić information content (AvgIpc) is 2.53. The van der Waals surface area contributed by atoms with Crippen molar-refractivity contribution in [1.82, 2.24) is 15.6 Å². The van der Waals surface area contributed by atoms with E-state index in [9.17, 15) is 4.79 Å². The molecule has 1 aromatic heterocycles. The molecule has 2 heterocycles. The first-order valence-electron chi connectivity index (χ1n) is 7.37. The molecule has 0 bridgehead atoms. The molecule has 7 heteroatoms. The van der Waals surface area contributed by atoms with Crippen LogP contribution in [-0.4, -0.2) is 29.5 Å². The highest BCUT2D eigenvalue weighted by atomic mass is 16.5. The van der Waals surface area contributed by atoms with Gasteiger partial charge in [0.05, 0.1) is 7.11 Å². The molecule has 0 saturated carbocycles. The molecule has 0 fully saturated rings. The number of amides is 1. The summed E-state index contributed by atoms with van der Waals surface area (Å²) in [5.41, 5.74) is 9.45. The van der Waals surface area contributed by atoms with Gasteiger partial charge >= 0.3 is 6.09 Å². The fraction of sp³-hybridized carbons (Fsp3) is 0.176. The maximum absolute atomic E-state index is 10.8. The molecule has 5 N–H and O–H groups in total. The minimum Gasteiger partial charge on any atom is -0.481 e. The largest absolute Gasteiger partial charge is 0.481 e. The minimum atomic E-state index is -1.10. The predicted octanol–water partition coefficient (Wildman–Crippen LogP) is 0.363. The van der Waals surface area contributed by atoms with Crippen molar-refractivity contribution in [3.05, 3.63) is 40.4 Å². The van der Waals surface area contributed by atoms with Crippen LogP contribution in [0, 0.1) is 6.92 Å². The zero-order valence-electron chi connectivity index (χ0n) is 13.3. The number of nitrogens with one attached hydrogen (secondary N) is 2. The first-order chi connectivity index (χ1) is 11.5. The Morgan fingerprint density at radius 1 is 1.42 bits per heavy atom. The lowest BCUT2D eigenvalue weighted by molar-refractivity contribution is 0.192. The van der Waals surface area contributed by atoms with Crippen LogP contribution in [0.2, 0.25) is 0 Å². The van der Waals surface area contributed by atoms with E-state index in [4.69, 9.17) is 15.6 Å². The second-order valence-corrected chi connectivity index (χ2v) is 5.46. The number of ether oxygens (including phenoxy) is 1. The number of pyridine rings is 1. The summed E-state index contributed by atoms with van der Waals surface area (Å²) in [5, 5.41) is 15.9. The van der Waals surface area contributed by atoms with Crippen LogP contribution in [0.4, 0.5) is 10.5 Å². The van der Waals surface area contributed by atoms with Crippen molar-refractivity contribution in [2.24, 2.45) is 0 Å². The molecular weight excluding hydrogens is 308 g/mol. The van der Waals surface area contributed by atoms with Crippen LogP contribution in [0.3, 0.4) is 0 Å². The third kappa shape index (κ3) is 2.96. The number of nitrogens with two attached hydrogens (primary N) is 1. The van der Waals surface area contributed by atoms with Crippen molar-refractivity contribution in [3.8, 4) is 17.0 Å². The van der Waals surface area contributed by atoms with Crippen LogP contribution in [-0.2, 0) is 0 Å². The second kappa shape index (κ2) is 6.11. The van der Waals surface area contributed by atoms with Gasteiger partial charge in [-0.2, -0.15) is 0 Å². The van der Waals surface area contributed by atoms with Crippen molar-refractivity contribution in [2.45, 2.75) is 13.1 Å². The Hall–Kier alpha value is -3.22. The standard InChI is InChI=1S/C17H18N4O3/c1-9-12(3-4-16(20-9)24-2)10-5-11-7-15(21-17(22)23)19-8-13(11)14(18)6-10/h3-8,15,19,21H,18H2,1-2H3,(H,22,23). The van der Waals surface area contributed by atoms with Gasteiger partial charge in [-0.1, -0.05) is 0 Å². The van der Waals surface area contributed by atoms with Crippen molar-refractivity contribution in [2.75, 3.05) is 12.8 Å². The molecule has 1 aliphatic rings. The molecule has 0 spiro atoms. The number of nitrogen functional groups attached to an aromatic ring is 1. The van der Waals surface area contributed by atoms with E-state index in [0.29, 0.717) is 11.6 Å². The quantitative estimate of drug-likeness (QED) is 0.607. The van der Waals surface area contributed by atoms with E-state index in [1.54, 1.807) is 25.5 Å². The number of fused-ring (bicyclic) bond motifs is 1. The van der Waals surface area contributed by atoms with Crippen LogP contribution in [0.1, 0.15) is 5.69 Å². The van der Waals surface area contributed by atoms with Gasteiger partial charge in [-0.3, -0.25) is 5.32 Å². The van der Waals surface area contributed by atoms with E-state index in [-0.39, 0.29) is 0 Å². The fourth-order valence-corrected chi connectivity index (χ4v) is 2.73. The van der Waals surface area contributed by atoms with E-state index in [2.05, 4.69) is 15.6 Å². The van der Waals surface area contributed by atoms with Gasteiger partial charge in [-0.15, -0.1) is 0 Å². The summed E-state index contributed by atoms with van der Waals surface area (Å²) in [5.74, 6) is 0.553. The molecular formula is C17H18N4O3. The highest BCUT2D eigenvalue weighted by molar-refractivity contribution is 5.72. The third-order valence-electron chi connectivity index (χ3n) is 3.86. The number of aromatic nitrogens is 1. The summed E-state index contributed by atoms with van der Waals surface area (Å²) >= 11 is 0. The highest BCUT2D eigenvalue weighted by Gasteiger charge is 2.12.